The average Bonchev–Trinajstić information content (AvgIpc) is 2.65. The molecule has 2 N–H and O–H groups in total. The molecule has 0 aliphatic carbocycles. The summed E-state index contributed by atoms with van der Waals surface area (Å²) in [5.41, 5.74) is 6.77. The van der Waals surface area contributed by atoms with Crippen LogP contribution in [-0.4, -0.2) is 16.8 Å². The maximum atomic E-state index is 12.1. The molecule has 6 heteroatoms. The molecule has 2 aromatic carbocycles. The normalized spacial score (nSPS) is 10.4. The predicted octanol–water partition coefficient (Wildman–Crippen LogP) is 3.28. The highest BCUT2D eigenvalue weighted by atomic mass is 35.5. The standard InChI is InChI=1S/C19H16ClN3O2/c20-15-9-5-13(6-10-15)7-12-18(24)22-23-19(25)17-11-8-14-3-1-2-4-16(14)21-17/h1-6,8-11H,7,12H2,(H,22,24)(H,23,25). The van der Waals surface area contributed by atoms with Gasteiger partial charge in [-0.3, -0.25) is 20.4 Å². The Bertz CT molecular complexity index is 910. The smallest absolute Gasteiger partial charge is 0.273 e. The molecular formula is C19H16ClN3O2. The summed E-state index contributed by atoms with van der Waals surface area (Å²) in [5.74, 6) is -0.727. The zero-order chi connectivity index (χ0) is 17.6. The summed E-state index contributed by atoms with van der Waals surface area (Å²) in [6.07, 6.45) is 0.820. The van der Waals surface area contributed by atoms with Crippen LogP contribution in [0.25, 0.3) is 10.9 Å². The summed E-state index contributed by atoms with van der Waals surface area (Å²) in [6, 6.07) is 18.3. The van der Waals surface area contributed by atoms with Crippen LogP contribution in [0, 0.1) is 0 Å². The van der Waals surface area contributed by atoms with Crippen molar-refractivity contribution in [1.29, 1.82) is 0 Å². The van der Waals surface area contributed by atoms with E-state index in [0.717, 1.165) is 16.5 Å². The van der Waals surface area contributed by atoms with Gasteiger partial charge in [0.1, 0.15) is 5.69 Å². The van der Waals surface area contributed by atoms with Crippen molar-refractivity contribution < 1.29 is 9.59 Å². The molecule has 0 aliphatic heterocycles. The van der Waals surface area contributed by atoms with Crippen LogP contribution in [0.3, 0.4) is 0 Å². The zero-order valence-corrected chi connectivity index (χ0v) is 14.1. The van der Waals surface area contributed by atoms with Crippen molar-refractivity contribution in [3.05, 3.63) is 76.9 Å². The molecule has 3 aromatic rings. The molecule has 3 rings (SSSR count). The summed E-state index contributed by atoms with van der Waals surface area (Å²) >= 11 is 5.82. The second-order valence-corrected chi connectivity index (χ2v) is 5.95. The number of carbonyl (C=O) groups is 2. The first-order chi connectivity index (χ1) is 12.1. The Kier molecular flexibility index (Phi) is 5.26. The Labute approximate surface area is 150 Å². The van der Waals surface area contributed by atoms with Crippen LogP contribution in [0.5, 0.6) is 0 Å². The van der Waals surface area contributed by atoms with E-state index in [1.54, 1.807) is 18.2 Å². The third kappa shape index (κ3) is 4.55. The van der Waals surface area contributed by atoms with E-state index in [-0.39, 0.29) is 18.0 Å². The van der Waals surface area contributed by atoms with Gasteiger partial charge in [-0.2, -0.15) is 0 Å². The summed E-state index contributed by atoms with van der Waals surface area (Å²) < 4.78 is 0. The van der Waals surface area contributed by atoms with E-state index in [1.807, 2.05) is 42.5 Å². The third-order valence-electron chi connectivity index (χ3n) is 3.70. The van der Waals surface area contributed by atoms with Crippen molar-refractivity contribution in [1.82, 2.24) is 15.8 Å². The van der Waals surface area contributed by atoms with E-state index < -0.39 is 5.91 Å². The molecule has 0 unspecified atom stereocenters. The van der Waals surface area contributed by atoms with Crippen LogP contribution in [0.4, 0.5) is 0 Å². The lowest BCUT2D eigenvalue weighted by molar-refractivity contribution is -0.121. The highest BCUT2D eigenvalue weighted by molar-refractivity contribution is 6.30. The average molecular weight is 354 g/mol. The Hall–Kier alpha value is -2.92. The van der Waals surface area contributed by atoms with Crippen LogP contribution < -0.4 is 10.9 Å². The number of aryl methyl sites for hydroxylation is 1. The molecule has 1 aromatic heterocycles. The van der Waals surface area contributed by atoms with Crippen LogP contribution in [0.2, 0.25) is 5.02 Å². The SMILES string of the molecule is O=C(CCc1ccc(Cl)cc1)NNC(=O)c1ccc2ccccc2n1. The van der Waals surface area contributed by atoms with Gasteiger partial charge in [-0.05, 0) is 36.2 Å². The maximum absolute atomic E-state index is 12.1. The largest absolute Gasteiger partial charge is 0.288 e. The summed E-state index contributed by atoms with van der Waals surface area (Å²) in [5, 5.41) is 1.61. The van der Waals surface area contributed by atoms with Crippen molar-refractivity contribution in [2.75, 3.05) is 0 Å². The first kappa shape index (κ1) is 16.9. The molecule has 0 radical (unpaired) electrons. The Morgan fingerprint density at radius 3 is 2.48 bits per heavy atom. The number of pyridine rings is 1. The van der Waals surface area contributed by atoms with Gasteiger partial charge in [0.2, 0.25) is 5.91 Å². The van der Waals surface area contributed by atoms with E-state index in [9.17, 15) is 9.59 Å². The third-order valence-corrected chi connectivity index (χ3v) is 3.95. The van der Waals surface area contributed by atoms with Gasteiger partial charge in [0.25, 0.3) is 5.91 Å². The number of hydrazine groups is 1. The number of benzene rings is 2. The molecule has 126 valence electrons. The molecule has 5 nitrogen and oxygen atoms in total. The number of hydrogen-bond donors (Lipinski definition) is 2. The molecule has 0 aliphatic rings. The van der Waals surface area contributed by atoms with Gasteiger partial charge < -0.3 is 0 Å². The summed E-state index contributed by atoms with van der Waals surface area (Å²) in [6.45, 7) is 0. The molecular weight excluding hydrogens is 338 g/mol. The first-order valence-electron chi connectivity index (χ1n) is 7.81. The van der Waals surface area contributed by atoms with Crippen molar-refractivity contribution >= 4 is 34.3 Å². The molecule has 0 saturated heterocycles. The van der Waals surface area contributed by atoms with E-state index in [0.29, 0.717) is 11.4 Å². The Morgan fingerprint density at radius 2 is 1.68 bits per heavy atom. The highest BCUT2D eigenvalue weighted by Gasteiger charge is 2.09. The number of nitrogens with zero attached hydrogens (tertiary/aromatic N) is 1. The number of halogens is 1. The van der Waals surface area contributed by atoms with E-state index in [4.69, 9.17) is 11.6 Å². The number of aromatic nitrogens is 1. The Balaban J connectivity index is 1.52. The lowest BCUT2D eigenvalue weighted by atomic mass is 10.1. The topological polar surface area (TPSA) is 71.1 Å². The Morgan fingerprint density at radius 1 is 0.920 bits per heavy atom. The van der Waals surface area contributed by atoms with Gasteiger partial charge in [0, 0.05) is 16.8 Å². The number of hydrogen-bond acceptors (Lipinski definition) is 3. The van der Waals surface area contributed by atoms with Crippen molar-refractivity contribution in [2.45, 2.75) is 12.8 Å². The second-order valence-electron chi connectivity index (χ2n) is 5.52. The number of fused-ring (bicyclic) bond motifs is 1. The monoisotopic (exact) mass is 353 g/mol. The van der Waals surface area contributed by atoms with Crippen LogP contribution in [0.1, 0.15) is 22.5 Å². The fourth-order valence-electron chi connectivity index (χ4n) is 2.35. The molecule has 0 saturated carbocycles. The number of carbonyl (C=O) groups excluding carboxylic acids is 2. The molecule has 1 heterocycles. The highest BCUT2D eigenvalue weighted by Crippen LogP contribution is 2.12. The van der Waals surface area contributed by atoms with Crippen molar-refractivity contribution in [3.8, 4) is 0 Å². The van der Waals surface area contributed by atoms with Crippen molar-refractivity contribution in [3.63, 3.8) is 0 Å². The van der Waals surface area contributed by atoms with E-state index >= 15 is 0 Å². The molecule has 25 heavy (non-hydrogen) atoms. The predicted molar refractivity (Wildman–Crippen MR) is 97.1 cm³/mol. The lowest BCUT2D eigenvalue weighted by Crippen LogP contribution is -2.42. The first-order valence-corrected chi connectivity index (χ1v) is 8.19. The van der Waals surface area contributed by atoms with Gasteiger partial charge in [-0.15, -0.1) is 0 Å². The number of para-hydroxylation sites is 1. The quantitative estimate of drug-likeness (QED) is 0.707. The van der Waals surface area contributed by atoms with E-state index in [1.165, 1.54) is 0 Å². The number of amides is 2. The zero-order valence-electron chi connectivity index (χ0n) is 13.3. The molecule has 0 fully saturated rings. The minimum Gasteiger partial charge on any atom is -0.273 e. The molecule has 2 amide bonds. The lowest BCUT2D eigenvalue weighted by Gasteiger charge is -2.08. The minimum absolute atomic E-state index is 0.247. The van der Waals surface area contributed by atoms with Crippen LogP contribution >= 0.6 is 11.6 Å². The fraction of sp³-hybridized carbons (Fsp3) is 0.105. The maximum Gasteiger partial charge on any atom is 0.288 e. The van der Waals surface area contributed by atoms with Gasteiger partial charge in [-0.1, -0.05) is 48.0 Å². The summed E-state index contributed by atoms with van der Waals surface area (Å²) in [7, 11) is 0. The van der Waals surface area contributed by atoms with Gasteiger partial charge in [0.05, 0.1) is 5.52 Å². The van der Waals surface area contributed by atoms with Crippen LogP contribution in [-0.2, 0) is 11.2 Å². The fourth-order valence-corrected chi connectivity index (χ4v) is 2.48. The number of nitrogens with one attached hydrogen (secondary N) is 2. The minimum atomic E-state index is -0.453. The molecule has 0 spiro atoms. The second kappa shape index (κ2) is 7.77. The molecule has 0 bridgehead atoms. The van der Waals surface area contributed by atoms with Crippen LogP contribution in [0.15, 0.2) is 60.7 Å². The van der Waals surface area contributed by atoms with Gasteiger partial charge >= 0.3 is 0 Å². The van der Waals surface area contributed by atoms with E-state index in [2.05, 4.69) is 15.8 Å². The van der Waals surface area contributed by atoms with Gasteiger partial charge in [0.15, 0.2) is 0 Å². The molecule has 0 atom stereocenters. The summed E-state index contributed by atoms with van der Waals surface area (Å²) in [4.78, 5) is 28.2. The van der Waals surface area contributed by atoms with Crippen molar-refractivity contribution in [2.24, 2.45) is 0 Å². The number of rotatable bonds is 4. The van der Waals surface area contributed by atoms with Gasteiger partial charge in [-0.25, -0.2) is 4.98 Å².